The SMILES string of the molecule is CCCCN1C(=O)[C@@H]([C@H](O)C2CCCCC2)NC(=O)C12CCN(CCC(c1ccccc1)c1ccccc1)CC2.Cl. The molecule has 2 N–H and O–H groups in total. The lowest BCUT2D eigenvalue weighted by atomic mass is 9.77. The molecule has 0 unspecified atom stereocenters. The largest absolute Gasteiger partial charge is 0.390 e. The molecule has 2 aromatic rings. The highest BCUT2D eigenvalue weighted by Crippen LogP contribution is 2.37. The number of carbonyl (C=O) groups excluding carboxylic acids is 2. The Labute approximate surface area is 252 Å². The third-order valence-corrected chi connectivity index (χ3v) is 9.79. The number of piperazine rings is 1. The van der Waals surface area contributed by atoms with E-state index >= 15 is 0 Å². The Hall–Kier alpha value is -2.41. The number of unbranched alkanes of at least 4 members (excludes halogenated alkanes) is 1. The van der Waals surface area contributed by atoms with E-state index in [1.54, 1.807) is 0 Å². The van der Waals surface area contributed by atoms with Crippen molar-refractivity contribution in [2.45, 2.75) is 94.7 Å². The van der Waals surface area contributed by atoms with Gasteiger partial charge in [0.2, 0.25) is 11.8 Å². The highest BCUT2D eigenvalue weighted by molar-refractivity contribution is 6.00. The predicted octanol–water partition coefficient (Wildman–Crippen LogP) is 5.53. The molecule has 7 heteroatoms. The van der Waals surface area contributed by atoms with E-state index in [2.05, 4.69) is 77.8 Å². The van der Waals surface area contributed by atoms with Crippen LogP contribution in [0.2, 0.25) is 0 Å². The Balaban J connectivity index is 0.00000387. The molecule has 1 aliphatic carbocycles. The molecule has 3 fully saturated rings. The van der Waals surface area contributed by atoms with E-state index in [4.69, 9.17) is 0 Å². The number of likely N-dealkylation sites (tertiary alicyclic amines) is 1. The second-order valence-electron chi connectivity index (χ2n) is 12.2. The summed E-state index contributed by atoms with van der Waals surface area (Å²) in [5, 5.41) is 14.2. The average Bonchev–Trinajstić information content (AvgIpc) is 3.01. The van der Waals surface area contributed by atoms with Gasteiger partial charge in [0.15, 0.2) is 0 Å². The van der Waals surface area contributed by atoms with E-state index in [1.165, 1.54) is 17.5 Å². The topological polar surface area (TPSA) is 72.9 Å². The van der Waals surface area contributed by atoms with Crippen LogP contribution < -0.4 is 5.32 Å². The molecule has 0 bridgehead atoms. The van der Waals surface area contributed by atoms with Crippen LogP contribution in [0.1, 0.15) is 88.2 Å². The number of nitrogens with zero attached hydrogens (tertiary/aromatic N) is 2. The third kappa shape index (κ3) is 6.98. The van der Waals surface area contributed by atoms with Crippen LogP contribution in [0.3, 0.4) is 0 Å². The second kappa shape index (κ2) is 14.7. The fourth-order valence-corrected chi connectivity index (χ4v) is 7.31. The van der Waals surface area contributed by atoms with E-state index < -0.39 is 17.7 Å². The number of benzene rings is 2. The molecular formula is C34H48ClN3O3. The summed E-state index contributed by atoms with van der Waals surface area (Å²) >= 11 is 0. The fraction of sp³-hybridized carbons (Fsp3) is 0.588. The monoisotopic (exact) mass is 581 g/mol. The first kappa shape index (κ1) is 31.5. The molecule has 2 aromatic carbocycles. The molecule has 2 amide bonds. The summed E-state index contributed by atoms with van der Waals surface area (Å²) in [5.41, 5.74) is 1.85. The van der Waals surface area contributed by atoms with Crippen molar-refractivity contribution >= 4 is 24.2 Å². The molecule has 5 rings (SSSR count). The highest BCUT2D eigenvalue weighted by atomic mass is 35.5. The Bertz CT molecular complexity index is 1060. The molecule has 2 heterocycles. The summed E-state index contributed by atoms with van der Waals surface area (Å²) in [6.07, 6.45) is 8.55. The smallest absolute Gasteiger partial charge is 0.248 e. The van der Waals surface area contributed by atoms with Crippen LogP contribution in [-0.4, -0.2) is 70.6 Å². The van der Waals surface area contributed by atoms with Crippen molar-refractivity contribution in [3.8, 4) is 0 Å². The maximum absolute atomic E-state index is 13.9. The van der Waals surface area contributed by atoms with E-state index in [0.717, 1.165) is 64.6 Å². The van der Waals surface area contributed by atoms with E-state index in [-0.39, 0.29) is 30.1 Å². The Morgan fingerprint density at radius 3 is 2.05 bits per heavy atom. The minimum absolute atomic E-state index is 0. The first-order valence-electron chi connectivity index (χ1n) is 15.7. The molecule has 1 spiro atoms. The first-order valence-corrected chi connectivity index (χ1v) is 15.7. The van der Waals surface area contributed by atoms with Crippen LogP contribution in [0.15, 0.2) is 60.7 Å². The van der Waals surface area contributed by atoms with Crippen LogP contribution in [0.4, 0.5) is 0 Å². The predicted molar refractivity (Wildman–Crippen MR) is 166 cm³/mol. The quantitative estimate of drug-likeness (QED) is 0.387. The van der Waals surface area contributed by atoms with Crippen molar-refractivity contribution in [1.82, 2.24) is 15.1 Å². The van der Waals surface area contributed by atoms with Gasteiger partial charge < -0.3 is 20.2 Å². The van der Waals surface area contributed by atoms with Crippen molar-refractivity contribution in [2.75, 3.05) is 26.2 Å². The van der Waals surface area contributed by atoms with E-state index in [1.807, 2.05) is 4.90 Å². The molecule has 41 heavy (non-hydrogen) atoms. The van der Waals surface area contributed by atoms with Gasteiger partial charge in [-0.25, -0.2) is 0 Å². The average molecular weight is 582 g/mol. The van der Waals surface area contributed by atoms with E-state index in [9.17, 15) is 14.7 Å². The van der Waals surface area contributed by atoms with Crippen molar-refractivity contribution in [2.24, 2.45) is 5.92 Å². The summed E-state index contributed by atoms with van der Waals surface area (Å²) in [4.78, 5) is 32.0. The van der Waals surface area contributed by atoms with Crippen molar-refractivity contribution < 1.29 is 14.7 Å². The summed E-state index contributed by atoms with van der Waals surface area (Å²) in [6, 6.07) is 20.6. The lowest BCUT2D eigenvalue weighted by Gasteiger charge is -2.52. The minimum Gasteiger partial charge on any atom is -0.390 e. The number of aliphatic hydroxyl groups excluding tert-OH is 1. The zero-order chi connectivity index (χ0) is 28.0. The summed E-state index contributed by atoms with van der Waals surface area (Å²) in [5.74, 6) is 0.275. The third-order valence-electron chi connectivity index (χ3n) is 9.79. The lowest BCUT2D eigenvalue weighted by Crippen LogP contribution is -2.75. The molecule has 2 atom stereocenters. The maximum atomic E-state index is 13.9. The molecule has 2 aliphatic heterocycles. The van der Waals surface area contributed by atoms with Crippen molar-refractivity contribution in [1.29, 1.82) is 0 Å². The molecular weight excluding hydrogens is 534 g/mol. The standard InChI is InChI=1S/C34H47N3O3.ClH/c1-2-3-22-37-32(39)30(31(38)28-17-11-6-12-18-28)35-33(40)34(37)20-24-36(25-21-34)23-19-29(26-13-7-4-8-14-26)27-15-9-5-10-16-27;/h4-5,7-10,13-16,28-31,38H,2-3,6,11-12,17-25H2,1H3,(H,35,40);1H/t30-,31-;/m1./s1. The summed E-state index contributed by atoms with van der Waals surface area (Å²) in [7, 11) is 0. The van der Waals surface area contributed by atoms with E-state index in [0.29, 0.717) is 25.3 Å². The Morgan fingerprint density at radius 1 is 0.902 bits per heavy atom. The van der Waals surface area contributed by atoms with Crippen LogP contribution in [0.5, 0.6) is 0 Å². The van der Waals surface area contributed by atoms with Gasteiger partial charge in [-0.2, -0.15) is 0 Å². The number of aliphatic hydroxyl groups is 1. The maximum Gasteiger partial charge on any atom is 0.248 e. The van der Waals surface area contributed by atoms with Crippen LogP contribution in [0.25, 0.3) is 0 Å². The van der Waals surface area contributed by atoms with Gasteiger partial charge in [-0.3, -0.25) is 9.59 Å². The number of hydrogen-bond acceptors (Lipinski definition) is 4. The highest BCUT2D eigenvalue weighted by Gasteiger charge is 2.55. The lowest BCUT2D eigenvalue weighted by molar-refractivity contribution is -0.165. The van der Waals surface area contributed by atoms with Crippen LogP contribution >= 0.6 is 12.4 Å². The molecule has 0 aromatic heterocycles. The molecule has 0 radical (unpaired) electrons. The van der Waals surface area contributed by atoms with Gasteiger partial charge in [0.05, 0.1) is 6.10 Å². The van der Waals surface area contributed by atoms with Gasteiger partial charge >= 0.3 is 0 Å². The Morgan fingerprint density at radius 2 is 1.49 bits per heavy atom. The van der Waals surface area contributed by atoms with Gasteiger partial charge in [-0.05, 0) is 62.1 Å². The van der Waals surface area contributed by atoms with Crippen molar-refractivity contribution in [3.05, 3.63) is 71.8 Å². The normalized spacial score (nSPS) is 22.4. The molecule has 3 aliphatic rings. The summed E-state index contributed by atoms with van der Waals surface area (Å²) in [6.45, 7) is 5.22. The zero-order valence-electron chi connectivity index (χ0n) is 24.5. The molecule has 224 valence electrons. The van der Waals surface area contributed by atoms with Gasteiger partial charge in [-0.1, -0.05) is 93.3 Å². The number of halogens is 1. The molecule has 6 nitrogen and oxygen atoms in total. The number of rotatable bonds is 10. The fourth-order valence-electron chi connectivity index (χ4n) is 7.31. The van der Waals surface area contributed by atoms with Crippen LogP contribution in [0, 0.1) is 5.92 Å². The molecule has 1 saturated carbocycles. The number of amides is 2. The van der Waals surface area contributed by atoms with Gasteiger partial charge in [-0.15, -0.1) is 12.4 Å². The number of hydrogen-bond donors (Lipinski definition) is 2. The van der Waals surface area contributed by atoms with Crippen LogP contribution in [-0.2, 0) is 9.59 Å². The van der Waals surface area contributed by atoms with Gasteiger partial charge in [0.1, 0.15) is 11.6 Å². The minimum atomic E-state index is -0.811. The van der Waals surface area contributed by atoms with Gasteiger partial charge in [0.25, 0.3) is 0 Å². The first-order chi connectivity index (χ1) is 19.5. The molecule has 2 saturated heterocycles. The number of nitrogens with one attached hydrogen (secondary N) is 1. The zero-order valence-corrected chi connectivity index (χ0v) is 25.4. The number of piperidine rings is 1. The van der Waals surface area contributed by atoms with Gasteiger partial charge in [0, 0.05) is 25.6 Å². The Kier molecular flexibility index (Phi) is 11.3. The second-order valence-corrected chi connectivity index (χ2v) is 12.2. The summed E-state index contributed by atoms with van der Waals surface area (Å²) < 4.78 is 0. The van der Waals surface area contributed by atoms with Crippen molar-refractivity contribution in [3.63, 3.8) is 0 Å². The number of carbonyl (C=O) groups is 2.